The Morgan fingerprint density at radius 3 is 2.26 bits per heavy atom. The Balaban J connectivity index is 1.71. The molecule has 1 aromatic heterocycles. The van der Waals surface area contributed by atoms with E-state index in [-0.39, 0.29) is 24.6 Å². The van der Waals surface area contributed by atoms with Crippen molar-refractivity contribution in [1.29, 1.82) is 0 Å². The Morgan fingerprint density at radius 1 is 0.871 bits per heavy atom. The zero-order chi connectivity index (χ0) is 21.8. The monoisotopic (exact) mass is 415 g/mol. The summed E-state index contributed by atoms with van der Waals surface area (Å²) in [6.45, 7) is -0.0934. The number of ether oxygens (including phenoxy) is 1. The molecule has 0 saturated heterocycles. The van der Waals surface area contributed by atoms with Gasteiger partial charge in [-0.2, -0.15) is 0 Å². The third-order valence-corrected chi connectivity index (χ3v) is 4.99. The fourth-order valence-corrected chi connectivity index (χ4v) is 3.45. The first-order valence-corrected chi connectivity index (χ1v) is 9.77. The van der Waals surface area contributed by atoms with Crippen LogP contribution in [0.2, 0.25) is 0 Å². The summed E-state index contributed by atoms with van der Waals surface area (Å²) in [5.74, 6) is 0.301. The molecule has 0 aliphatic rings. The summed E-state index contributed by atoms with van der Waals surface area (Å²) < 4.78 is 7.61. The van der Waals surface area contributed by atoms with Gasteiger partial charge in [0.1, 0.15) is 12.3 Å². The van der Waals surface area contributed by atoms with Crippen molar-refractivity contribution in [3.05, 3.63) is 105 Å². The summed E-state index contributed by atoms with van der Waals surface area (Å²) >= 11 is 0. The van der Waals surface area contributed by atoms with Gasteiger partial charge in [-0.3, -0.25) is 18.7 Å². The highest BCUT2D eigenvalue weighted by Crippen LogP contribution is 2.15. The summed E-state index contributed by atoms with van der Waals surface area (Å²) in [6, 6.07) is 23.0. The van der Waals surface area contributed by atoms with Crippen molar-refractivity contribution in [2.45, 2.75) is 13.1 Å². The zero-order valence-electron chi connectivity index (χ0n) is 16.9. The molecule has 0 saturated carbocycles. The number of hydrogen-bond donors (Lipinski definition) is 1. The molecule has 4 rings (SSSR count). The quantitative estimate of drug-likeness (QED) is 0.525. The Morgan fingerprint density at radius 2 is 1.55 bits per heavy atom. The van der Waals surface area contributed by atoms with Crippen LogP contribution in [0.5, 0.6) is 5.75 Å². The van der Waals surface area contributed by atoms with Gasteiger partial charge in [0.05, 0.1) is 24.6 Å². The topological polar surface area (TPSA) is 82.3 Å². The molecule has 0 aliphatic heterocycles. The van der Waals surface area contributed by atoms with Crippen LogP contribution >= 0.6 is 0 Å². The van der Waals surface area contributed by atoms with Crippen LogP contribution in [0, 0.1) is 0 Å². The maximum absolute atomic E-state index is 13.2. The predicted molar refractivity (Wildman–Crippen MR) is 120 cm³/mol. The second kappa shape index (κ2) is 8.71. The molecule has 156 valence electrons. The standard InChI is InChI=1S/C24H21N3O4/c1-31-19-13-11-18(12-14-19)25-22(28)16-26-21-10-6-5-9-20(21)23(29)27(24(26)30)15-17-7-3-2-4-8-17/h2-14H,15-16H2,1H3,(H,25,28). The number of fused-ring (bicyclic) bond motifs is 1. The molecular formula is C24H21N3O4. The van der Waals surface area contributed by atoms with E-state index in [0.717, 1.165) is 5.56 Å². The summed E-state index contributed by atoms with van der Waals surface area (Å²) in [5.41, 5.74) is 0.923. The summed E-state index contributed by atoms with van der Waals surface area (Å²) in [7, 11) is 1.56. The molecule has 3 aromatic carbocycles. The van der Waals surface area contributed by atoms with Gasteiger partial charge < -0.3 is 10.1 Å². The van der Waals surface area contributed by atoms with Gasteiger partial charge in [-0.25, -0.2) is 4.79 Å². The van der Waals surface area contributed by atoms with Crippen LogP contribution in [0.4, 0.5) is 5.69 Å². The highest BCUT2D eigenvalue weighted by atomic mass is 16.5. The number of carbonyl (C=O) groups excluding carboxylic acids is 1. The minimum Gasteiger partial charge on any atom is -0.497 e. The molecule has 7 heteroatoms. The van der Waals surface area contributed by atoms with Crippen LogP contribution in [-0.2, 0) is 17.9 Å². The number of nitrogens with one attached hydrogen (secondary N) is 1. The number of carbonyl (C=O) groups is 1. The number of rotatable bonds is 6. The van der Waals surface area contributed by atoms with Crippen LogP contribution in [-0.4, -0.2) is 22.2 Å². The lowest BCUT2D eigenvalue weighted by Crippen LogP contribution is -2.42. The minimum absolute atomic E-state index is 0.128. The molecule has 0 unspecified atom stereocenters. The van der Waals surface area contributed by atoms with Crippen molar-refractivity contribution in [3.8, 4) is 5.75 Å². The predicted octanol–water partition coefficient (Wildman–Crippen LogP) is 2.86. The van der Waals surface area contributed by atoms with E-state index in [2.05, 4.69) is 5.32 Å². The van der Waals surface area contributed by atoms with Crippen LogP contribution in [0.25, 0.3) is 10.9 Å². The number of nitrogens with zero attached hydrogens (tertiary/aromatic N) is 2. The maximum atomic E-state index is 13.2. The average Bonchev–Trinajstić information content (AvgIpc) is 2.80. The van der Waals surface area contributed by atoms with Crippen molar-refractivity contribution in [2.75, 3.05) is 12.4 Å². The zero-order valence-corrected chi connectivity index (χ0v) is 16.9. The van der Waals surface area contributed by atoms with E-state index in [0.29, 0.717) is 22.3 Å². The van der Waals surface area contributed by atoms with Crippen molar-refractivity contribution >= 4 is 22.5 Å². The summed E-state index contributed by atoms with van der Waals surface area (Å²) in [6.07, 6.45) is 0. The fraction of sp³-hybridized carbons (Fsp3) is 0.125. The van der Waals surface area contributed by atoms with Gasteiger partial charge in [0.25, 0.3) is 5.56 Å². The first-order valence-electron chi connectivity index (χ1n) is 9.77. The number of anilines is 1. The van der Waals surface area contributed by atoms with Gasteiger partial charge in [-0.15, -0.1) is 0 Å². The summed E-state index contributed by atoms with van der Waals surface area (Å²) in [4.78, 5) is 38.9. The van der Waals surface area contributed by atoms with E-state index in [1.807, 2.05) is 30.3 Å². The molecule has 0 bridgehead atoms. The highest BCUT2D eigenvalue weighted by molar-refractivity contribution is 5.91. The molecule has 7 nitrogen and oxygen atoms in total. The average molecular weight is 415 g/mol. The molecule has 0 spiro atoms. The van der Waals surface area contributed by atoms with Gasteiger partial charge in [-0.05, 0) is 42.0 Å². The molecule has 0 aliphatic carbocycles. The molecule has 0 fully saturated rings. The number of benzene rings is 3. The highest BCUT2D eigenvalue weighted by Gasteiger charge is 2.15. The molecule has 0 atom stereocenters. The van der Waals surface area contributed by atoms with Crippen LogP contribution in [0.15, 0.2) is 88.5 Å². The number of hydrogen-bond acceptors (Lipinski definition) is 4. The first-order chi connectivity index (χ1) is 15.1. The molecule has 0 radical (unpaired) electrons. The Hall–Kier alpha value is -4.13. The van der Waals surface area contributed by atoms with Gasteiger partial charge in [0, 0.05) is 5.69 Å². The molecule has 31 heavy (non-hydrogen) atoms. The lowest BCUT2D eigenvalue weighted by atomic mass is 10.2. The summed E-state index contributed by atoms with van der Waals surface area (Å²) in [5, 5.41) is 3.16. The molecule has 1 amide bonds. The van der Waals surface area contributed by atoms with Gasteiger partial charge >= 0.3 is 5.69 Å². The van der Waals surface area contributed by atoms with E-state index >= 15 is 0 Å². The van der Waals surface area contributed by atoms with E-state index in [1.54, 1.807) is 55.6 Å². The fourth-order valence-electron chi connectivity index (χ4n) is 3.45. The lowest BCUT2D eigenvalue weighted by molar-refractivity contribution is -0.116. The van der Waals surface area contributed by atoms with Crippen LogP contribution < -0.4 is 21.3 Å². The molecule has 1 heterocycles. The second-order valence-corrected chi connectivity index (χ2v) is 7.04. The van der Waals surface area contributed by atoms with E-state index in [4.69, 9.17) is 4.74 Å². The molecular weight excluding hydrogens is 394 g/mol. The van der Waals surface area contributed by atoms with Crippen molar-refractivity contribution in [3.63, 3.8) is 0 Å². The Bertz CT molecular complexity index is 1340. The third kappa shape index (κ3) is 4.25. The van der Waals surface area contributed by atoms with Crippen molar-refractivity contribution < 1.29 is 9.53 Å². The smallest absolute Gasteiger partial charge is 0.332 e. The Labute approximate surface area is 178 Å². The number of amides is 1. The maximum Gasteiger partial charge on any atom is 0.332 e. The van der Waals surface area contributed by atoms with Gasteiger partial charge in [0.2, 0.25) is 5.91 Å². The Kier molecular flexibility index (Phi) is 5.66. The number of para-hydroxylation sites is 1. The van der Waals surface area contributed by atoms with Gasteiger partial charge in [-0.1, -0.05) is 42.5 Å². The van der Waals surface area contributed by atoms with Crippen molar-refractivity contribution in [1.82, 2.24) is 9.13 Å². The largest absolute Gasteiger partial charge is 0.497 e. The number of methoxy groups -OCH3 is 1. The minimum atomic E-state index is -0.530. The molecule has 1 N–H and O–H groups in total. The van der Waals surface area contributed by atoms with Crippen molar-refractivity contribution in [2.24, 2.45) is 0 Å². The van der Waals surface area contributed by atoms with Gasteiger partial charge in [0.15, 0.2) is 0 Å². The van der Waals surface area contributed by atoms with Crippen LogP contribution in [0.3, 0.4) is 0 Å². The number of aromatic nitrogens is 2. The second-order valence-electron chi connectivity index (χ2n) is 7.04. The van der Waals surface area contributed by atoms with Crippen LogP contribution in [0.1, 0.15) is 5.56 Å². The normalized spacial score (nSPS) is 10.7. The first kappa shape index (κ1) is 20.2. The van der Waals surface area contributed by atoms with E-state index in [9.17, 15) is 14.4 Å². The van der Waals surface area contributed by atoms with E-state index < -0.39 is 5.69 Å². The van der Waals surface area contributed by atoms with E-state index in [1.165, 1.54) is 9.13 Å². The SMILES string of the molecule is COc1ccc(NC(=O)Cn2c(=O)n(Cc3ccccc3)c(=O)c3ccccc32)cc1. The third-order valence-electron chi connectivity index (χ3n) is 4.99. The lowest BCUT2D eigenvalue weighted by Gasteiger charge is -2.14. The molecule has 4 aromatic rings.